The molecule has 2 rings (SSSR count). The Bertz CT molecular complexity index is 951. The number of sulfonamides is 1. The molecule has 6 nitrogen and oxygen atoms in total. The Morgan fingerprint density at radius 2 is 1.81 bits per heavy atom. The standard InChI is InChI=1S/C17H15F2N3O3S/c1-26(24,25)22(13-5-2-4-12(10-13)11-20)9-8-16(23)21-17-14(18)6-3-7-15(17)19/h2-7,10H,8-9H2,1H3,(H,21,23). The molecule has 0 aliphatic rings. The fraction of sp³-hybridized carbons (Fsp3) is 0.176. The molecule has 0 radical (unpaired) electrons. The summed E-state index contributed by atoms with van der Waals surface area (Å²) < 4.78 is 52.1. The van der Waals surface area contributed by atoms with Crippen molar-refractivity contribution in [3.63, 3.8) is 0 Å². The lowest BCUT2D eigenvalue weighted by Crippen LogP contribution is -2.33. The van der Waals surface area contributed by atoms with E-state index in [1.165, 1.54) is 24.3 Å². The van der Waals surface area contributed by atoms with Gasteiger partial charge in [-0.05, 0) is 30.3 Å². The molecule has 0 unspecified atom stereocenters. The highest BCUT2D eigenvalue weighted by Crippen LogP contribution is 2.21. The van der Waals surface area contributed by atoms with Crippen molar-refractivity contribution < 1.29 is 22.0 Å². The Hall–Kier alpha value is -2.99. The molecule has 0 spiro atoms. The van der Waals surface area contributed by atoms with E-state index in [9.17, 15) is 22.0 Å². The molecular formula is C17H15F2N3O3S. The van der Waals surface area contributed by atoms with Crippen LogP contribution < -0.4 is 9.62 Å². The van der Waals surface area contributed by atoms with Crippen molar-refractivity contribution >= 4 is 27.3 Å². The molecule has 0 saturated heterocycles. The molecule has 0 heterocycles. The number of nitriles is 1. The number of carbonyl (C=O) groups excluding carboxylic acids is 1. The van der Waals surface area contributed by atoms with E-state index in [0.29, 0.717) is 0 Å². The maximum absolute atomic E-state index is 13.6. The number of benzene rings is 2. The minimum Gasteiger partial charge on any atom is -0.321 e. The van der Waals surface area contributed by atoms with Crippen LogP contribution in [0.1, 0.15) is 12.0 Å². The third-order valence-corrected chi connectivity index (χ3v) is 4.63. The average Bonchev–Trinajstić information content (AvgIpc) is 2.57. The third-order valence-electron chi connectivity index (χ3n) is 3.43. The summed E-state index contributed by atoms with van der Waals surface area (Å²) in [5.74, 6) is -2.61. The first-order chi connectivity index (χ1) is 12.2. The van der Waals surface area contributed by atoms with E-state index in [-0.39, 0.29) is 24.2 Å². The number of nitrogens with zero attached hydrogens (tertiary/aromatic N) is 2. The van der Waals surface area contributed by atoms with Crippen molar-refractivity contribution in [1.29, 1.82) is 5.26 Å². The van der Waals surface area contributed by atoms with Crippen LogP contribution in [0.3, 0.4) is 0 Å². The second kappa shape index (κ2) is 7.93. The normalized spacial score (nSPS) is 10.8. The molecule has 0 aliphatic carbocycles. The van der Waals surface area contributed by atoms with Crippen LogP contribution in [0.15, 0.2) is 42.5 Å². The quantitative estimate of drug-likeness (QED) is 0.835. The fourth-order valence-corrected chi connectivity index (χ4v) is 3.16. The first kappa shape index (κ1) is 19.3. The molecule has 0 aliphatic heterocycles. The van der Waals surface area contributed by atoms with Gasteiger partial charge in [0.05, 0.1) is 23.6 Å². The SMILES string of the molecule is CS(=O)(=O)N(CCC(=O)Nc1c(F)cccc1F)c1cccc(C#N)c1. The van der Waals surface area contributed by atoms with Gasteiger partial charge in [-0.25, -0.2) is 17.2 Å². The van der Waals surface area contributed by atoms with Gasteiger partial charge in [0.25, 0.3) is 0 Å². The monoisotopic (exact) mass is 379 g/mol. The number of amides is 1. The van der Waals surface area contributed by atoms with E-state index in [1.54, 1.807) is 0 Å². The molecule has 9 heteroatoms. The number of nitrogens with one attached hydrogen (secondary N) is 1. The third kappa shape index (κ3) is 4.77. The fourth-order valence-electron chi connectivity index (χ4n) is 2.24. The van der Waals surface area contributed by atoms with Gasteiger partial charge in [0.1, 0.15) is 17.3 Å². The van der Waals surface area contributed by atoms with Gasteiger partial charge in [0.2, 0.25) is 15.9 Å². The summed E-state index contributed by atoms with van der Waals surface area (Å²) in [6.45, 7) is -0.254. The smallest absolute Gasteiger partial charge is 0.232 e. The summed E-state index contributed by atoms with van der Waals surface area (Å²) in [5.41, 5.74) is -0.111. The van der Waals surface area contributed by atoms with Crippen molar-refractivity contribution in [2.45, 2.75) is 6.42 Å². The molecule has 0 fully saturated rings. The van der Waals surface area contributed by atoms with Crippen molar-refractivity contribution in [2.24, 2.45) is 0 Å². The Morgan fingerprint density at radius 1 is 1.19 bits per heavy atom. The number of rotatable bonds is 6. The Morgan fingerprint density at radius 3 is 2.38 bits per heavy atom. The van der Waals surface area contributed by atoms with Crippen molar-refractivity contribution in [1.82, 2.24) is 0 Å². The van der Waals surface area contributed by atoms with Gasteiger partial charge < -0.3 is 5.32 Å². The lowest BCUT2D eigenvalue weighted by Gasteiger charge is -2.22. The lowest BCUT2D eigenvalue weighted by atomic mass is 10.2. The zero-order chi connectivity index (χ0) is 19.3. The summed E-state index contributed by atoms with van der Waals surface area (Å²) in [4.78, 5) is 12.0. The highest BCUT2D eigenvalue weighted by atomic mass is 32.2. The summed E-state index contributed by atoms with van der Waals surface area (Å²) in [7, 11) is -3.73. The van der Waals surface area contributed by atoms with E-state index in [1.807, 2.05) is 6.07 Å². The van der Waals surface area contributed by atoms with Gasteiger partial charge in [-0.1, -0.05) is 12.1 Å². The molecule has 2 aromatic carbocycles. The maximum Gasteiger partial charge on any atom is 0.232 e. The summed E-state index contributed by atoms with van der Waals surface area (Å²) in [5, 5.41) is 11.0. The number of anilines is 2. The molecular weight excluding hydrogens is 364 g/mol. The van der Waals surface area contributed by atoms with E-state index in [2.05, 4.69) is 5.32 Å². The van der Waals surface area contributed by atoms with E-state index in [0.717, 1.165) is 28.8 Å². The van der Waals surface area contributed by atoms with Crippen LogP contribution in [0, 0.1) is 23.0 Å². The number of para-hydroxylation sites is 1. The van der Waals surface area contributed by atoms with Gasteiger partial charge in [-0.15, -0.1) is 0 Å². The van der Waals surface area contributed by atoms with Crippen LogP contribution in [0.2, 0.25) is 0 Å². The van der Waals surface area contributed by atoms with Crippen LogP contribution in [0.4, 0.5) is 20.2 Å². The minimum atomic E-state index is -3.73. The van der Waals surface area contributed by atoms with Crippen LogP contribution in [-0.4, -0.2) is 27.1 Å². The Balaban J connectivity index is 2.15. The van der Waals surface area contributed by atoms with Crippen LogP contribution in [-0.2, 0) is 14.8 Å². The van der Waals surface area contributed by atoms with Gasteiger partial charge >= 0.3 is 0 Å². The molecule has 0 saturated carbocycles. The van der Waals surface area contributed by atoms with E-state index in [4.69, 9.17) is 5.26 Å². The molecule has 2 aromatic rings. The second-order valence-corrected chi connectivity index (χ2v) is 7.30. The largest absolute Gasteiger partial charge is 0.321 e. The molecule has 26 heavy (non-hydrogen) atoms. The van der Waals surface area contributed by atoms with Gasteiger partial charge in [0.15, 0.2) is 0 Å². The van der Waals surface area contributed by atoms with Crippen molar-refractivity contribution in [2.75, 3.05) is 22.4 Å². The first-order valence-corrected chi connectivity index (χ1v) is 9.29. The molecule has 0 bridgehead atoms. The number of hydrogen-bond donors (Lipinski definition) is 1. The summed E-state index contributed by atoms with van der Waals surface area (Å²) in [6, 6.07) is 10.9. The highest BCUT2D eigenvalue weighted by Gasteiger charge is 2.20. The van der Waals surface area contributed by atoms with Crippen LogP contribution in [0.25, 0.3) is 0 Å². The number of carbonyl (C=O) groups is 1. The predicted octanol–water partition coefficient (Wildman–Crippen LogP) is 2.63. The molecule has 1 amide bonds. The Labute approximate surface area is 149 Å². The maximum atomic E-state index is 13.6. The summed E-state index contributed by atoms with van der Waals surface area (Å²) in [6.07, 6.45) is 0.623. The van der Waals surface area contributed by atoms with Crippen molar-refractivity contribution in [3.05, 3.63) is 59.7 Å². The second-order valence-electron chi connectivity index (χ2n) is 5.39. The van der Waals surface area contributed by atoms with E-state index < -0.39 is 33.3 Å². The molecule has 1 N–H and O–H groups in total. The average molecular weight is 379 g/mol. The minimum absolute atomic E-state index is 0.219. The topological polar surface area (TPSA) is 90.3 Å². The lowest BCUT2D eigenvalue weighted by molar-refractivity contribution is -0.116. The molecule has 136 valence electrons. The number of hydrogen-bond acceptors (Lipinski definition) is 4. The zero-order valence-electron chi connectivity index (χ0n) is 13.7. The van der Waals surface area contributed by atoms with Gasteiger partial charge in [-0.2, -0.15) is 5.26 Å². The first-order valence-electron chi connectivity index (χ1n) is 7.44. The zero-order valence-corrected chi connectivity index (χ0v) is 14.6. The summed E-state index contributed by atoms with van der Waals surface area (Å²) >= 11 is 0. The molecule has 0 aromatic heterocycles. The van der Waals surface area contributed by atoms with Gasteiger partial charge in [-0.3, -0.25) is 9.10 Å². The number of halogens is 2. The van der Waals surface area contributed by atoms with E-state index >= 15 is 0 Å². The van der Waals surface area contributed by atoms with Gasteiger partial charge in [0, 0.05) is 13.0 Å². The Kier molecular flexibility index (Phi) is 5.90. The van der Waals surface area contributed by atoms with Crippen molar-refractivity contribution in [3.8, 4) is 6.07 Å². The predicted molar refractivity (Wildman–Crippen MR) is 93.0 cm³/mol. The molecule has 0 atom stereocenters. The van der Waals surface area contributed by atoms with Crippen LogP contribution >= 0.6 is 0 Å². The van der Waals surface area contributed by atoms with Crippen LogP contribution in [0.5, 0.6) is 0 Å². The highest BCUT2D eigenvalue weighted by molar-refractivity contribution is 7.92.